The zero-order valence-electron chi connectivity index (χ0n) is 27.4. The van der Waals surface area contributed by atoms with Crippen LogP contribution in [0.3, 0.4) is 0 Å². The van der Waals surface area contributed by atoms with Crippen molar-refractivity contribution in [3.8, 4) is 29.0 Å². The van der Waals surface area contributed by atoms with Crippen LogP contribution in [0.2, 0.25) is 5.02 Å². The molecule has 14 heteroatoms. The molecule has 0 spiro atoms. The molecule has 3 aliphatic rings. The summed E-state index contributed by atoms with van der Waals surface area (Å²) in [5.41, 5.74) is 3.30. The number of hydrogen-bond donors (Lipinski definition) is 1. The van der Waals surface area contributed by atoms with Crippen LogP contribution in [-0.2, 0) is 4.79 Å². The topological polar surface area (TPSA) is 124 Å². The minimum Gasteiger partial charge on any atom is -0.487 e. The third-order valence-corrected chi connectivity index (χ3v) is 10.2. The summed E-state index contributed by atoms with van der Waals surface area (Å²) in [4.78, 5) is 28.3. The van der Waals surface area contributed by atoms with Crippen molar-refractivity contribution in [2.75, 3.05) is 44.7 Å². The van der Waals surface area contributed by atoms with E-state index >= 15 is 0 Å². The van der Waals surface area contributed by atoms with Crippen LogP contribution in [0, 0.1) is 18.3 Å². The highest BCUT2D eigenvalue weighted by Gasteiger charge is 2.47. The molecule has 11 nitrogen and oxygen atoms in total. The Bertz CT molecular complexity index is 1970. The number of anilines is 1. The number of aromatic nitrogens is 4. The molecule has 1 aliphatic carbocycles. The van der Waals surface area contributed by atoms with Crippen molar-refractivity contribution in [3.05, 3.63) is 47.6 Å². The fraction of sp³-hybridized carbons (Fsp3) is 0.457. The van der Waals surface area contributed by atoms with Crippen molar-refractivity contribution in [1.29, 1.82) is 5.26 Å². The van der Waals surface area contributed by atoms with Gasteiger partial charge in [-0.25, -0.2) is 8.78 Å². The van der Waals surface area contributed by atoms with Crippen molar-refractivity contribution >= 4 is 45.1 Å². The number of piperazine rings is 1. The molecule has 2 saturated heterocycles. The van der Waals surface area contributed by atoms with Gasteiger partial charge >= 0.3 is 6.01 Å². The second kappa shape index (κ2) is 13.1. The first-order chi connectivity index (χ1) is 23.6. The first kappa shape index (κ1) is 33.0. The number of amides is 1. The molecule has 4 aromatic rings. The van der Waals surface area contributed by atoms with Crippen molar-refractivity contribution < 1.29 is 23.0 Å². The Kier molecular flexibility index (Phi) is 8.79. The smallest absolute Gasteiger partial charge is 0.319 e. The van der Waals surface area contributed by atoms with E-state index in [9.17, 15) is 18.8 Å². The van der Waals surface area contributed by atoms with Crippen LogP contribution in [0.15, 0.2) is 37.1 Å². The van der Waals surface area contributed by atoms with Crippen LogP contribution in [0.25, 0.3) is 32.9 Å². The Hall–Kier alpha value is -4.54. The number of carbonyl (C=O) groups is 1. The number of nitriles is 1. The second-order valence-corrected chi connectivity index (χ2v) is 13.6. The largest absolute Gasteiger partial charge is 0.487 e. The lowest BCUT2D eigenvalue weighted by Gasteiger charge is -2.41. The van der Waals surface area contributed by atoms with Crippen LogP contribution in [-0.4, -0.2) is 99.8 Å². The van der Waals surface area contributed by atoms with Gasteiger partial charge in [-0.1, -0.05) is 24.2 Å². The lowest BCUT2D eigenvalue weighted by Crippen LogP contribution is -2.55. The summed E-state index contributed by atoms with van der Waals surface area (Å²) in [6.45, 7) is 7.94. The molecule has 4 heterocycles. The fourth-order valence-electron chi connectivity index (χ4n) is 7.23. The maximum absolute atomic E-state index is 14.2. The monoisotopic (exact) mass is 690 g/mol. The molecular weight excluding hydrogens is 654 g/mol. The number of hydrogen-bond acceptors (Lipinski definition) is 9. The Balaban J connectivity index is 1.41. The molecule has 2 aliphatic heterocycles. The van der Waals surface area contributed by atoms with Crippen LogP contribution >= 0.6 is 11.6 Å². The van der Waals surface area contributed by atoms with Crippen LogP contribution in [0.4, 0.5) is 14.6 Å². The number of nitrogens with zero attached hydrogens (tertiary/aromatic N) is 7. The van der Waals surface area contributed by atoms with E-state index in [4.69, 9.17) is 31.0 Å². The van der Waals surface area contributed by atoms with Gasteiger partial charge in [0.2, 0.25) is 5.91 Å². The summed E-state index contributed by atoms with van der Waals surface area (Å²) in [6, 6.07) is 7.71. The predicted octanol–water partition coefficient (Wildman–Crippen LogP) is 5.90. The van der Waals surface area contributed by atoms with E-state index in [2.05, 4.69) is 34.8 Å². The molecule has 0 radical (unpaired) electrons. The van der Waals surface area contributed by atoms with E-state index in [0.29, 0.717) is 53.5 Å². The standard InChI is InChI=1S/C35H37ClF2N8O3/c1-4-28(47)46-13-12-45(18-21(46)9-10-39)33-24-14-26(36)30(29-20(2)7-8-27-25(29)17-40-43-27)32(49-23-15-35(37,38)16-23)31(24)41-34(42-33)48-19-22-6-5-11-44(22)3/h4,7-8,14,17,21-23H,1,5-6,9,11-13,15-16,18-19H2,2-3H3,(H,40,43)/t21-,22-/m0/s1. The van der Waals surface area contributed by atoms with Gasteiger partial charge in [0.25, 0.3) is 5.92 Å². The van der Waals surface area contributed by atoms with E-state index in [1.54, 1.807) is 17.2 Å². The molecule has 2 aromatic heterocycles. The summed E-state index contributed by atoms with van der Waals surface area (Å²) >= 11 is 7.18. The zero-order valence-corrected chi connectivity index (χ0v) is 28.1. The van der Waals surface area contributed by atoms with E-state index < -0.39 is 30.9 Å². The Labute approximate surface area is 287 Å². The number of ether oxygens (including phenoxy) is 2. The molecule has 1 saturated carbocycles. The van der Waals surface area contributed by atoms with Gasteiger partial charge in [0.1, 0.15) is 24.0 Å². The van der Waals surface area contributed by atoms with Gasteiger partial charge in [-0.2, -0.15) is 20.3 Å². The average molecular weight is 691 g/mol. The van der Waals surface area contributed by atoms with Gasteiger partial charge in [0, 0.05) is 60.4 Å². The number of halogens is 3. The number of aromatic amines is 1. The van der Waals surface area contributed by atoms with Crippen LogP contribution in [0.5, 0.6) is 11.8 Å². The number of nitrogens with one attached hydrogen (secondary N) is 1. The SMILES string of the molecule is C=CC(=O)N1CCN(c2nc(OC[C@@H]3CCCN3C)nc3c(OC4CC(F)(F)C4)c(-c4c(C)ccc5[nH]ncc45)c(Cl)cc23)C[C@@H]1CC#N. The summed E-state index contributed by atoms with van der Waals surface area (Å²) < 4.78 is 41.1. The molecule has 0 bridgehead atoms. The molecule has 2 atom stereocenters. The lowest BCUT2D eigenvalue weighted by atomic mass is 9.90. The Morgan fingerprint density at radius 1 is 1.20 bits per heavy atom. The molecule has 3 fully saturated rings. The van der Waals surface area contributed by atoms with Crippen molar-refractivity contribution in [3.63, 3.8) is 0 Å². The minimum absolute atomic E-state index is 0.111. The molecule has 2 aromatic carbocycles. The number of benzene rings is 2. The lowest BCUT2D eigenvalue weighted by molar-refractivity contribution is -0.134. The van der Waals surface area contributed by atoms with Crippen molar-refractivity contribution in [1.82, 2.24) is 30.0 Å². The van der Waals surface area contributed by atoms with E-state index in [1.807, 2.05) is 24.0 Å². The Morgan fingerprint density at radius 3 is 2.73 bits per heavy atom. The predicted molar refractivity (Wildman–Crippen MR) is 182 cm³/mol. The maximum Gasteiger partial charge on any atom is 0.319 e. The molecule has 1 N–H and O–H groups in total. The number of alkyl halides is 2. The summed E-state index contributed by atoms with van der Waals surface area (Å²) in [6.07, 6.45) is 3.49. The maximum atomic E-state index is 14.2. The highest BCUT2D eigenvalue weighted by atomic mass is 35.5. The third-order valence-electron chi connectivity index (χ3n) is 9.92. The first-order valence-electron chi connectivity index (χ1n) is 16.5. The number of aryl methyl sites for hydroxylation is 1. The number of likely N-dealkylation sites (N-methyl/N-ethyl adjacent to an activating group) is 1. The summed E-state index contributed by atoms with van der Waals surface area (Å²) in [7, 11) is 2.06. The van der Waals surface area contributed by atoms with Crippen molar-refractivity contribution in [2.45, 2.75) is 63.1 Å². The first-order valence-corrected chi connectivity index (χ1v) is 16.8. The minimum atomic E-state index is -2.82. The van der Waals surface area contributed by atoms with Gasteiger partial charge in [0.05, 0.1) is 35.3 Å². The third kappa shape index (κ3) is 6.24. The summed E-state index contributed by atoms with van der Waals surface area (Å²) in [5, 5.41) is 18.5. The fourth-order valence-corrected chi connectivity index (χ4v) is 7.52. The van der Waals surface area contributed by atoms with Gasteiger partial charge in [-0.05, 0) is 57.1 Å². The molecular formula is C35H37ClF2N8O3. The van der Waals surface area contributed by atoms with Gasteiger partial charge < -0.3 is 24.2 Å². The number of rotatable bonds is 9. The zero-order chi connectivity index (χ0) is 34.4. The van der Waals surface area contributed by atoms with E-state index in [-0.39, 0.29) is 30.1 Å². The van der Waals surface area contributed by atoms with E-state index in [0.717, 1.165) is 41.4 Å². The second-order valence-electron chi connectivity index (χ2n) is 13.2. The summed E-state index contributed by atoms with van der Waals surface area (Å²) in [5.74, 6) is -2.31. The number of likely N-dealkylation sites (tertiary alicyclic amines) is 1. The molecule has 49 heavy (non-hydrogen) atoms. The number of carbonyl (C=O) groups excluding carboxylic acids is 1. The van der Waals surface area contributed by atoms with E-state index in [1.165, 1.54) is 6.08 Å². The molecule has 0 unspecified atom stereocenters. The normalized spacial score (nSPS) is 21.1. The molecule has 1 amide bonds. The Morgan fingerprint density at radius 2 is 2.02 bits per heavy atom. The van der Waals surface area contributed by atoms with Crippen LogP contribution < -0.4 is 14.4 Å². The molecule has 256 valence electrons. The average Bonchev–Trinajstić information content (AvgIpc) is 3.71. The highest BCUT2D eigenvalue weighted by molar-refractivity contribution is 6.35. The van der Waals surface area contributed by atoms with Gasteiger partial charge in [-0.3, -0.25) is 9.89 Å². The number of H-pyrrole nitrogens is 1. The quantitative estimate of drug-likeness (QED) is 0.214. The molecule has 7 rings (SSSR count). The van der Waals surface area contributed by atoms with Crippen molar-refractivity contribution in [2.24, 2.45) is 0 Å². The van der Waals surface area contributed by atoms with Gasteiger partial charge in [-0.15, -0.1) is 0 Å². The number of fused-ring (bicyclic) bond motifs is 2. The highest BCUT2D eigenvalue weighted by Crippen LogP contribution is 2.50. The van der Waals surface area contributed by atoms with Gasteiger partial charge in [0.15, 0.2) is 5.75 Å². The van der Waals surface area contributed by atoms with Crippen LogP contribution in [0.1, 0.15) is 37.7 Å².